The normalized spacial score (nSPS) is 18.4. The number of ether oxygens (including phenoxy) is 2. The molecule has 1 fully saturated rings. The predicted molar refractivity (Wildman–Crippen MR) is 115 cm³/mol. The standard InChI is InChI=1S/C18H30N4O2.HI/c1-14-6-4-10-22(13-14)11-5-9-20-18(19)21-16-12-15(23-2)7-8-17(16)24-3;/h7-8,12,14H,4-6,9-11,13H2,1-3H3,(H3,19,20,21);1H. The monoisotopic (exact) mass is 462 g/mol. The maximum atomic E-state index is 5.99. The van der Waals surface area contributed by atoms with E-state index in [1.54, 1.807) is 14.2 Å². The van der Waals surface area contributed by atoms with Crippen LogP contribution in [-0.4, -0.2) is 51.3 Å². The zero-order chi connectivity index (χ0) is 17.4. The second kappa shape index (κ2) is 11.4. The SMILES string of the molecule is COc1ccc(OC)c(NC(N)=NCCCN2CCCC(C)C2)c1.I. The largest absolute Gasteiger partial charge is 0.497 e. The third-order valence-corrected chi connectivity index (χ3v) is 4.33. The van der Waals surface area contributed by atoms with E-state index in [9.17, 15) is 0 Å². The Labute approximate surface area is 168 Å². The number of nitrogens with zero attached hydrogens (tertiary/aromatic N) is 2. The van der Waals surface area contributed by atoms with Gasteiger partial charge in [-0.1, -0.05) is 6.92 Å². The molecule has 3 N–H and O–H groups in total. The molecule has 142 valence electrons. The van der Waals surface area contributed by atoms with Crippen molar-refractivity contribution in [3.8, 4) is 11.5 Å². The highest BCUT2D eigenvalue weighted by atomic mass is 127. The van der Waals surface area contributed by atoms with Gasteiger partial charge in [0.15, 0.2) is 5.96 Å². The van der Waals surface area contributed by atoms with Gasteiger partial charge < -0.3 is 25.4 Å². The molecule has 0 aromatic heterocycles. The number of anilines is 1. The van der Waals surface area contributed by atoms with E-state index in [1.807, 2.05) is 18.2 Å². The Bertz CT molecular complexity index is 554. The van der Waals surface area contributed by atoms with Crippen molar-refractivity contribution in [2.24, 2.45) is 16.6 Å². The first kappa shape index (κ1) is 21.8. The highest BCUT2D eigenvalue weighted by Crippen LogP contribution is 2.28. The van der Waals surface area contributed by atoms with Gasteiger partial charge in [-0.25, -0.2) is 0 Å². The Morgan fingerprint density at radius 1 is 1.36 bits per heavy atom. The van der Waals surface area contributed by atoms with Gasteiger partial charge in [-0.3, -0.25) is 4.99 Å². The van der Waals surface area contributed by atoms with Gasteiger partial charge in [0, 0.05) is 19.2 Å². The molecule has 1 aliphatic heterocycles. The van der Waals surface area contributed by atoms with Crippen LogP contribution in [0.1, 0.15) is 26.2 Å². The summed E-state index contributed by atoms with van der Waals surface area (Å²) in [4.78, 5) is 6.94. The molecule has 1 aromatic carbocycles. The van der Waals surface area contributed by atoms with E-state index in [0.29, 0.717) is 11.7 Å². The third-order valence-electron chi connectivity index (χ3n) is 4.33. The third kappa shape index (κ3) is 7.27. The van der Waals surface area contributed by atoms with Gasteiger partial charge >= 0.3 is 0 Å². The molecule has 0 amide bonds. The highest BCUT2D eigenvalue weighted by molar-refractivity contribution is 14.0. The van der Waals surface area contributed by atoms with Crippen LogP contribution in [0.5, 0.6) is 11.5 Å². The zero-order valence-corrected chi connectivity index (χ0v) is 17.8. The number of aliphatic imine (C=N–C) groups is 1. The van der Waals surface area contributed by atoms with Crippen molar-refractivity contribution < 1.29 is 9.47 Å². The number of nitrogens with two attached hydrogens (primary N) is 1. The van der Waals surface area contributed by atoms with E-state index in [4.69, 9.17) is 15.2 Å². The number of likely N-dealkylation sites (tertiary alicyclic amines) is 1. The minimum Gasteiger partial charge on any atom is -0.497 e. The Hall–Kier alpha value is -1.22. The maximum absolute atomic E-state index is 5.99. The number of benzene rings is 1. The van der Waals surface area contributed by atoms with Gasteiger partial charge in [-0.2, -0.15) is 0 Å². The average Bonchev–Trinajstić information content (AvgIpc) is 2.58. The molecule has 0 bridgehead atoms. The number of guanidine groups is 1. The summed E-state index contributed by atoms with van der Waals surface area (Å²) < 4.78 is 10.6. The highest BCUT2D eigenvalue weighted by Gasteiger charge is 2.15. The minimum absolute atomic E-state index is 0. The van der Waals surface area contributed by atoms with Crippen molar-refractivity contribution in [1.82, 2.24) is 4.90 Å². The molecule has 2 rings (SSSR count). The number of piperidine rings is 1. The lowest BCUT2D eigenvalue weighted by atomic mass is 10.0. The molecule has 6 nitrogen and oxygen atoms in total. The van der Waals surface area contributed by atoms with Crippen LogP contribution in [0.15, 0.2) is 23.2 Å². The van der Waals surface area contributed by atoms with Crippen LogP contribution >= 0.6 is 24.0 Å². The number of methoxy groups -OCH3 is 2. The fourth-order valence-electron chi connectivity index (χ4n) is 3.07. The van der Waals surface area contributed by atoms with Gasteiger partial charge in [-0.15, -0.1) is 24.0 Å². The van der Waals surface area contributed by atoms with E-state index >= 15 is 0 Å². The quantitative estimate of drug-likeness (QED) is 0.282. The Morgan fingerprint density at radius 3 is 2.84 bits per heavy atom. The van der Waals surface area contributed by atoms with Crippen LogP contribution in [0.2, 0.25) is 0 Å². The van der Waals surface area contributed by atoms with Crippen LogP contribution in [0.4, 0.5) is 5.69 Å². The van der Waals surface area contributed by atoms with Crippen molar-refractivity contribution in [2.45, 2.75) is 26.2 Å². The summed E-state index contributed by atoms with van der Waals surface area (Å²) in [6.07, 6.45) is 3.68. The summed E-state index contributed by atoms with van der Waals surface area (Å²) in [7, 11) is 3.25. The lowest BCUT2D eigenvalue weighted by Gasteiger charge is -2.30. The van der Waals surface area contributed by atoms with Crippen LogP contribution in [0.3, 0.4) is 0 Å². The molecule has 1 aromatic rings. The molecule has 7 heteroatoms. The summed E-state index contributed by atoms with van der Waals surface area (Å²) in [6.45, 7) is 6.55. The van der Waals surface area contributed by atoms with Crippen LogP contribution < -0.4 is 20.5 Å². The van der Waals surface area contributed by atoms with Crippen LogP contribution in [0, 0.1) is 5.92 Å². The van der Waals surface area contributed by atoms with E-state index in [1.165, 1.54) is 25.9 Å². The second-order valence-corrected chi connectivity index (χ2v) is 6.36. The molecule has 0 saturated carbocycles. The lowest BCUT2D eigenvalue weighted by molar-refractivity contribution is 0.183. The molecule has 0 spiro atoms. The molecular weight excluding hydrogens is 431 g/mol. The Morgan fingerprint density at radius 2 is 2.16 bits per heavy atom. The number of hydrogen-bond donors (Lipinski definition) is 2. The smallest absolute Gasteiger partial charge is 0.193 e. The average molecular weight is 462 g/mol. The van der Waals surface area contributed by atoms with Crippen molar-refractivity contribution in [2.75, 3.05) is 45.7 Å². The zero-order valence-electron chi connectivity index (χ0n) is 15.5. The van der Waals surface area contributed by atoms with Gasteiger partial charge in [0.1, 0.15) is 11.5 Å². The van der Waals surface area contributed by atoms with Crippen molar-refractivity contribution in [3.05, 3.63) is 18.2 Å². The summed E-state index contributed by atoms with van der Waals surface area (Å²) in [6, 6.07) is 5.53. The molecule has 0 aliphatic carbocycles. The first-order valence-electron chi connectivity index (χ1n) is 8.63. The fourth-order valence-corrected chi connectivity index (χ4v) is 3.07. The van der Waals surface area contributed by atoms with Gasteiger partial charge in [-0.05, 0) is 50.4 Å². The molecule has 0 radical (unpaired) electrons. The second-order valence-electron chi connectivity index (χ2n) is 6.36. The number of rotatable bonds is 7. The number of nitrogens with one attached hydrogen (secondary N) is 1. The van der Waals surface area contributed by atoms with Crippen LogP contribution in [-0.2, 0) is 0 Å². The summed E-state index contributed by atoms with van der Waals surface area (Å²) >= 11 is 0. The summed E-state index contributed by atoms with van der Waals surface area (Å²) in [5.41, 5.74) is 6.74. The first-order chi connectivity index (χ1) is 11.6. The van der Waals surface area contributed by atoms with Crippen molar-refractivity contribution in [1.29, 1.82) is 0 Å². The molecule has 1 unspecified atom stereocenters. The molecule has 1 heterocycles. The lowest BCUT2D eigenvalue weighted by Crippen LogP contribution is -2.35. The minimum atomic E-state index is 0. The first-order valence-corrected chi connectivity index (χ1v) is 8.63. The van der Waals surface area contributed by atoms with E-state index in [0.717, 1.165) is 36.9 Å². The van der Waals surface area contributed by atoms with Gasteiger partial charge in [0.2, 0.25) is 0 Å². The van der Waals surface area contributed by atoms with E-state index in [-0.39, 0.29) is 24.0 Å². The topological polar surface area (TPSA) is 72.1 Å². The maximum Gasteiger partial charge on any atom is 0.193 e. The molecule has 1 saturated heterocycles. The van der Waals surface area contributed by atoms with Crippen LogP contribution in [0.25, 0.3) is 0 Å². The molecular formula is C18H31IN4O2. The van der Waals surface area contributed by atoms with E-state index in [2.05, 4.69) is 22.1 Å². The molecule has 1 aliphatic rings. The van der Waals surface area contributed by atoms with E-state index < -0.39 is 0 Å². The number of hydrogen-bond acceptors (Lipinski definition) is 4. The van der Waals surface area contributed by atoms with Gasteiger partial charge in [0.05, 0.1) is 19.9 Å². The number of halogens is 1. The Kier molecular flexibility index (Phi) is 9.96. The Balaban J connectivity index is 0.00000312. The molecule has 25 heavy (non-hydrogen) atoms. The predicted octanol–water partition coefficient (Wildman–Crippen LogP) is 3.17. The summed E-state index contributed by atoms with van der Waals surface area (Å²) in [5, 5.41) is 3.09. The molecule has 1 atom stereocenters. The van der Waals surface area contributed by atoms with Crippen molar-refractivity contribution in [3.63, 3.8) is 0 Å². The summed E-state index contributed by atoms with van der Waals surface area (Å²) in [5.74, 6) is 2.66. The van der Waals surface area contributed by atoms with Gasteiger partial charge in [0.25, 0.3) is 0 Å². The van der Waals surface area contributed by atoms with Crippen molar-refractivity contribution >= 4 is 35.6 Å². The fraction of sp³-hybridized carbons (Fsp3) is 0.611.